The number of fused-ring (bicyclic) bond motifs is 1. The Labute approximate surface area is 166 Å². The molecule has 7 heteroatoms. The zero-order chi connectivity index (χ0) is 20.4. The molecular formula is C22H17N3O4. The van der Waals surface area contributed by atoms with Crippen LogP contribution in [0.3, 0.4) is 0 Å². The fraction of sp³-hybridized carbons (Fsp3) is 0.0909. The van der Waals surface area contributed by atoms with Crippen molar-refractivity contribution in [1.82, 2.24) is 5.32 Å². The molecule has 0 saturated heterocycles. The van der Waals surface area contributed by atoms with E-state index >= 15 is 0 Å². The highest BCUT2D eigenvalue weighted by atomic mass is 16.6. The number of hydrogen-bond acceptors (Lipinski definition) is 5. The number of carbonyl (C=O) groups excluding carboxylic acids is 2. The summed E-state index contributed by atoms with van der Waals surface area (Å²) in [6.07, 6.45) is 0. The second-order valence-corrected chi connectivity index (χ2v) is 6.70. The Bertz CT molecular complexity index is 1080. The molecule has 0 aliphatic carbocycles. The van der Waals surface area contributed by atoms with Gasteiger partial charge in [-0.05, 0) is 29.8 Å². The lowest BCUT2D eigenvalue weighted by atomic mass is 9.87. The molecule has 1 aliphatic rings. The minimum Gasteiger partial charge on any atom is -0.375 e. The molecule has 0 saturated carbocycles. The number of nitrogens with one attached hydrogen (secondary N) is 2. The third-order valence-corrected chi connectivity index (χ3v) is 4.90. The van der Waals surface area contributed by atoms with Crippen LogP contribution in [-0.4, -0.2) is 22.7 Å². The second kappa shape index (κ2) is 7.55. The summed E-state index contributed by atoms with van der Waals surface area (Å²) in [5.74, 6) is -0.663. The molecule has 0 unspecified atom stereocenters. The lowest BCUT2D eigenvalue weighted by Crippen LogP contribution is -2.49. The van der Waals surface area contributed by atoms with Crippen molar-refractivity contribution in [3.63, 3.8) is 0 Å². The van der Waals surface area contributed by atoms with Gasteiger partial charge in [0.1, 0.15) is 6.04 Å². The standard InChI is InChI=1S/C22H17N3O4/c26-21-17-8-4-5-9-18(17)23-19(14-6-2-1-3-7-14)20(21)24-22(27)15-10-12-16(13-11-15)25(28)29/h1-13,19-20,23H,(H,24,27)/t19-,20+/m1/s1. The Kier molecular flexibility index (Phi) is 4.78. The Morgan fingerprint density at radius 3 is 2.28 bits per heavy atom. The lowest BCUT2D eigenvalue weighted by Gasteiger charge is -2.34. The van der Waals surface area contributed by atoms with Crippen molar-refractivity contribution in [2.24, 2.45) is 0 Å². The summed E-state index contributed by atoms with van der Waals surface area (Å²) >= 11 is 0. The molecule has 7 nitrogen and oxygen atoms in total. The number of hydrogen-bond donors (Lipinski definition) is 2. The van der Waals surface area contributed by atoms with Crippen LogP contribution in [0.5, 0.6) is 0 Å². The van der Waals surface area contributed by atoms with Crippen LogP contribution in [0.1, 0.15) is 32.3 Å². The van der Waals surface area contributed by atoms with E-state index in [9.17, 15) is 19.7 Å². The van der Waals surface area contributed by atoms with Crippen LogP contribution in [0.25, 0.3) is 0 Å². The zero-order valence-electron chi connectivity index (χ0n) is 15.2. The maximum atomic E-state index is 13.2. The number of carbonyl (C=O) groups is 2. The molecule has 0 fully saturated rings. The van der Waals surface area contributed by atoms with E-state index in [1.54, 1.807) is 12.1 Å². The maximum absolute atomic E-state index is 13.2. The van der Waals surface area contributed by atoms with Gasteiger partial charge >= 0.3 is 0 Å². The van der Waals surface area contributed by atoms with E-state index in [0.29, 0.717) is 11.3 Å². The third-order valence-electron chi connectivity index (χ3n) is 4.90. The van der Waals surface area contributed by atoms with Crippen molar-refractivity contribution in [1.29, 1.82) is 0 Å². The minimum atomic E-state index is -0.824. The van der Waals surface area contributed by atoms with E-state index in [1.165, 1.54) is 24.3 Å². The van der Waals surface area contributed by atoms with Crippen LogP contribution in [-0.2, 0) is 0 Å². The number of nitrogens with zero attached hydrogens (tertiary/aromatic N) is 1. The molecule has 0 spiro atoms. The van der Waals surface area contributed by atoms with E-state index in [2.05, 4.69) is 10.6 Å². The summed E-state index contributed by atoms with van der Waals surface area (Å²) in [5.41, 5.74) is 2.23. The number of benzene rings is 3. The minimum absolute atomic E-state index is 0.104. The number of Topliss-reactive ketones (excluding diaryl/α,β-unsaturated/α-hetero) is 1. The first-order valence-corrected chi connectivity index (χ1v) is 9.04. The molecule has 144 valence electrons. The zero-order valence-corrected chi connectivity index (χ0v) is 15.2. The average Bonchev–Trinajstić information content (AvgIpc) is 2.76. The van der Waals surface area contributed by atoms with Crippen LogP contribution in [0.4, 0.5) is 11.4 Å². The molecule has 4 rings (SSSR count). The monoisotopic (exact) mass is 387 g/mol. The number of ketones is 1. The van der Waals surface area contributed by atoms with Gasteiger partial charge in [0.2, 0.25) is 0 Å². The quantitative estimate of drug-likeness (QED) is 0.524. The molecule has 1 amide bonds. The Morgan fingerprint density at radius 2 is 1.59 bits per heavy atom. The second-order valence-electron chi connectivity index (χ2n) is 6.70. The van der Waals surface area contributed by atoms with E-state index in [4.69, 9.17) is 0 Å². The fourth-order valence-electron chi connectivity index (χ4n) is 3.44. The van der Waals surface area contributed by atoms with Gasteiger partial charge in [0.25, 0.3) is 11.6 Å². The first-order valence-electron chi connectivity index (χ1n) is 9.04. The molecule has 3 aromatic rings. The van der Waals surface area contributed by atoms with Gasteiger partial charge in [-0.3, -0.25) is 19.7 Å². The Hall–Kier alpha value is -4.00. The number of para-hydroxylation sites is 1. The van der Waals surface area contributed by atoms with Crippen LogP contribution >= 0.6 is 0 Å². The summed E-state index contributed by atoms with van der Waals surface area (Å²) in [7, 11) is 0. The summed E-state index contributed by atoms with van der Waals surface area (Å²) in [6, 6.07) is 20.6. The van der Waals surface area contributed by atoms with Crippen molar-refractivity contribution in [2.45, 2.75) is 12.1 Å². The van der Waals surface area contributed by atoms with Crippen LogP contribution in [0.2, 0.25) is 0 Å². The highest BCUT2D eigenvalue weighted by Gasteiger charge is 2.37. The van der Waals surface area contributed by atoms with E-state index in [-0.39, 0.29) is 17.0 Å². The molecule has 29 heavy (non-hydrogen) atoms. The Balaban J connectivity index is 1.66. The van der Waals surface area contributed by atoms with Crippen molar-refractivity contribution < 1.29 is 14.5 Å². The number of nitro benzene ring substituents is 1. The number of non-ortho nitro benzene ring substituents is 1. The predicted octanol–water partition coefficient (Wildman–Crippen LogP) is 3.74. The summed E-state index contributed by atoms with van der Waals surface area (Å²) in [4.78, 5) is 36.2. The molecule has 1 heterocycles. The van der Waals surface area contributed by atoms with Crippen molar-refractivity contribution in [2.75, 3.05) is 5.32 Å². The first kappa shape index (κ1) is 18.4. The Morgan fingerprint density at radius 1 is 0.931 bits per heavy atom. The van der Waals surface area contributed by atoms with Gasteiger partial charge in [-0.2, -0.15) is 0 Å². The van der Waals surface area contributed by atoms with Gasteiger partial charge in [-0.15, -0.1) is 0 Å². The smallest absolute Gasteiger partial charge is 0.269 e. The van der Waals surface area contributed by atoms with Crippen molar-refractivity contribution in [3.8, 4) is 0 Å². The van der Waals surface area contributed by atoms with Crippen molar-refractivity contribution in [3.05, 3.63) is 106 Å². The SMILES string of the molecule is O=C(N[C@@H]1C(=O)c2ccccc2N[C@@H]1c1ccccc1)c1ccc([N+](=O)[O-])cc1. The molecule has 2 N–H and O–H groups in total. The number of amides is 1. The lowest BCUT2D eigenvalue weighted by molar-refractivity contribution is -0.384. The van der Waals surface area contributed by atoms with Gasteiger partial charge in [0.15, 0.2) is 5.78 Å². The first-order chi connectivity index (χ1) is 14.0. The molecule has 0 aromatic heterocycles. The van der Waals surface area contributed by atoms with E-state index < -0.39 is 22.9 Å². The third kappa shape index (κ3) is 3.58. The largest absolute Gasteiger partial charge is 0.375 e. The number of rotatable bonds is 4. The van der Waals surface area contributed by atoms with Crippen LogP contribution in [0, 0.1) is 10.1 Å². The molecule has 1 aliphatic heterocycles. The summed E-state index contributed by atoms with van der Waals surface area (Å²) < 4.78 is 0. The van der Waals surface area contributed by atoms with Gasteiger partial charge in [-0.25, -0.2) is 0 Å². The van der Waals surface area contributed by atoms with E-state index in [0.717, 1.165) is 5.56 Å². The average molecular weight is 387 g/mol. The number of anilines is 1. The van der Waals surface area contributed by atoms with Crippen LogP contribution < -0.4 is 10.6 Å². The maximum Gasteiger partial charge on any atom is 0.269 e. The topological polar surface area (TPSA) is 101 Å². The highest BCUT2D eigenvalue weighted by Crippen LogP contribution is 2.33. The van der Waals surface area contributed by atoms with Gasteiger partial charge in [-0.1, -0.05) is 42.5 Å². The molecule has 0 bridgehead atoms. The number of nitro groups is 1. The highest BCUT2D eigenvalue weighted by molar-refractivity contribution is 6.09. The van der Waals surface area contributed by atoms with Gasteiger partial charge < -0.3 is 10.6 Å². The normalized spacial score (nSPS) is 17.7. The molecular weight excluding hydrogens is 370 g/mol. The predicted molar refractivity (Wildman–Crippen MR) is 108 cm³/mol. The van der Waals surface area contributed by atoms with E-state index in [1.807, 2.05) is 42.5 Å². The summed E-state index contributed by atoms with van der Waals surface area (Å²) in [5, 5.41) is 17.0. The molecule has 3 aromatic carbocycles. The van der Waals surface area contributed by atoms with Crippen LogP contribution in [0.15, 0.2) is 78.9 Å². The summed E-state index contributed by atoms with van der Waals surface area (Å²) in [6.45, 7) is 0. The van der Waals surface area contributed by atoms with Gasteiger partial charge in [0, 0.05) is 28.9 Å². The van der Waals surface area contributed by atoms with Gasteiger partial charge in [0.05, 0.1) is 11.0 Å². The molecule has 2 atom stereocenters. The van der Waals surface area contributed by atoms with Crippen molar-refractivity contribution >= 4 is 23.1 Å². The fourth-order valence-corrected chi connectivity index (χ4v) is 3.44. The molecule has 0 radical (unpaired) electrons.